The molecule has 0 N–H and O–H groups in total. The number of nitrogens with zero attached hydrogens (tertiary/aromatic N) is 10. The molecule has 540 valence electrons. The number of aromatic nitrogens is 4. The van der Waals surface area contributed by atoms with Crippen molar-refractivity contribution in [1.82, 2.24) is 47.8 Å². The summed E-state index contributed by atoms with van der Waals surface area (Å²) in [5, 5.41) is 8.70. The molecule has 3 aliphatic rings. The van der Waals surface area contributed by atoms with Crippen molar-refractivity contribution in [3.05, 3.63) is 95.6 Å². The number of amides is 4. The third-order valence-corrected chi connectivity index (χ3v) is 21.9. The lowest BCUT2D eigenvalue weighted by molar-refractivity contribution is -0.176. The molecule has 0 radical (unpaired) electrons. The summed E-state index contributed by atoms with van der Waals surface area (Å²) in [7, 11) is -2.11. The molecular formula is C70H102N10O16S2. The molecule has 4 aromatic rings. The number of cyclic esters (lactones) is 4. The number of carbonyl (C=O) groups is 8. The highest BCUT2D eigenvalue weighted by molar-refractivity contribution is 7.89. The van der Waals surface area contributed by atoms with E-state index in [1.807, 2.05) is 55.4 Å². The number of sulfonamides is 2. The molecule has 0 unspecified atom stereocenters. The predicted octanol–water partition coefficient (Wildman–Crippen LogP) is 6.50. The molecular weight excluding hydrogens is 1300 g/mol. The smallest absolute Gasteiger partial charge is 0.329 e. The first-order valence-electron chi connectivity index (χ1n) is 34.3. The second-order valence-corrected chi connectivity index (χ2v) is 32.0. The Morgan fingerprint density at radius 3 is 1.10 bits per heavy atom. The molecule has 3 aliphatic heterocycles. The minimum absolute atomic E-state index is 0.0145. The van der Waals surface area contributed by atoms with Gasteiger partial charge in [0.05, 0.1) is 25.5 Å². The zero-order valence-corrected chi connectivity index (χ0v) is 61.0. The lowest BCUT2D eigenvalue weighted by atomic mass is 9.99. The van der Waals surface area contributed by atoms with Gasteiger partial charge < -0.3 is 38.5 Å². The molecule has 26 nitrogen and oxygen atoms in total. The summed E-state index contributed by atoms with van der Waals surface area (Å²) in [5.41, 5.74) is 2.39. The van der Waals surface area contributed by atoms with E-state index in [9.17, 15) is 45.6 Å². The van der Waals surface area contributed by atoms with Crippen LogP contribution in [-0.2, 0) is 103 Å². The first-order valence-corrected chi connectivity index (χ1v) is 37.1. The summed E-state index contributed by atoms with van der Waals surface area (Å²) in [5.74, 6) is -8.22. The van der Waals surface area contributed by atoms with E-state index in [0.717, 1.165) is 63.7 Å². The van der Waals surface area contributed by atoms with E-state index >= 15 is 9.59 Å². The van der Waals surface area contributed by atoms with Crippen LogP contribution >= 0.6 is 0 Å². The Bertz CT molecular complexity index is 3640. The van der Waals surface area contributed by atoms with Gasteiger partial charge in [0.15, 0.2) is 24.4 Å². The number of piperidine rings is 2. The minimum atomic E-state index is -3.78. The standard InChI is InChI=1S/C70H102N10O16S2/c1-45(2)32-57-67(85)93-50(10)64(82)74(12)60(35-48(7)8)70(88)96-62(38-53-22-21-23-54(36-53)42-78-44-56(40-72-78)98(91,92)80-30-19-16-20-31-80)66(84)76(14)58(33-46(3)4)68(86)94-49(9)63(81)73(11)59(34-47(5)6)69(87)95-61(65(83)75(57)13)37-51-24-26-52(27-25-51)41-77-43-55(39-71-77)97(89,90)79-28-17-15-18-29-79/h21-27,36,39-40,43-50,57-62H,15-20,28-35,37-38,41-42H2,1-14H3/t49-,50-,57+,58+,59+,60+,61-,62-/m1/s1. The first-order chi connectivity index (χ1) is 46.2. The fraction of sp³-hybridized carbons (Fsp3) is 0.629. The number of benzene rings is 2. The van der Waals surface area contributed by atoms with Gasteiger partial charge in [-0.05, 0) is 111 Å². The maximum atomic E-state index is 15.3. The first kappa shape index (κ1) is 77.8. The van der Waals surface area contributed by atoms with Crippen molar-refractivity contribution < 1.29 is 74.1 Å². The van der Waals surface area contributed by atoms with Crippen molar-refractivity contribution in [2.75, 3.05) is 54.4 Å². The molecule has 5 heterocycles. The fourth-order valence-corrected chi connectivity index (χ4v) is 15.5. The third kappa shape index (κ3) is 20.3. The van der Waals surface area contributed by atoms with Crippen LogP contribution in [0.2, 0.25) is 0 Å². The Morgan fingerprint density at radius 2 is 0.735 bits per heavy atom. The molecule has 2 aromatic carbocycles. The molecule has 2 aromatic heterocycles. The maximum Gasteiger partial charge on any atom is 0.329 e. The highest BCUT2D eigenvalue weighted by Crippen LogP contribution is 2.27. The van der Waals surface area contributed by atoms with Crippen LogP contribution in [0.4, 0.5) is 0 Å². The van der Waals surface area contributed by atoms with Crippen LogP contribution < -0.4 is 0 Å². The summed E-state index contributed by atoms with van der Waals surface area (Å²) in [6, 6.07) is 8.45. The van der Waals surface area contributed by atoms with E-state index in [-0.39, 0.29) is 85.1 Å². The van der Waals surface area contributed by atoms with E-state index in [4.69, 9.17) is 18.9 Å². The van der Waals surface area contributed by atoms with Gasteiger partial charge in [0.2, 0.25) is 20.0 Å². The van der Waals surface area contributed by atoms with Crippen LogP contribution in [-0.4, -0.2) is 215 Å². The van der Waals surface area contributed by atoms with Gasteiger partial charge in [0.25, 0.3) is 23.6 Å². The van der Waals surface area contributed by atoms with Gasteiger partial charge in [-0.25, -0.2) is 36.0 Å². The molecule has 0 spiro atoms. The van der Waals surface area contributed by atoms with Crippen LogP contribution in [0.25, 0.3) is 0 Å². The normalized spacial score (nSPS) is 23.8. The molecule has 4 amide bonds. The van der Waals surface area contributed by atoms with Gasteiger partial charge in [-0.3, -0.25) is 28.5 Å². The Labute approximate surface area is 578 Å². The second-order valence-electron chi connectivity index (χ2n) is 28.1. The number of hydrogen-bond acceptors (Lipinski definition) is 18. The third-order valence-electron chi connectivity index (χ3n) is 18.1. The van der Waals surface area contributed by atoms with E-state index in [2.05, 4.69) is 10.2 Å². The van der Waals surface area contributed by atoms with Gasteiger partial charge in [-0.15, -0.1) is 0 Å². The zero-order valence-electron chi connectivity index (χ0n) is 59.4. The lowest BCUT2D eigenvalue weighted by Gasteiger charge is -2.35. The fourth-order valence-electron chi connectivity index (χ4n) is 12.6. The molecule has 0 saturated carbocycles. The summed E-state index contributed by atoms with van der Waals surface area (Å²) in [4.78, 5) is 124. The number of esters is 4. The number of likely N-dealkylation sites (N-methyl/N-ethyl adjacent to an activating group) is 4. The highest BCUT2D eigenvalue weighted by Gasteiger charge is 2.43. The Kier molecular flexibility index (Phi) is 27.4. The van der Waals surface area contributed by atoms with Crippen molar-refractivity contribution in [1.29, 1.82) is 0 Å². The molecule has 28 heteroatoms. The largest absolute Gasteiger partial charge is 0.451 e. The van der Waals surface area contributed by atoms with Crippen LogP contribution in [0.3, 0.4) is 0 Å². The van der Waals surface area contributed by atoms with E-state index in [1.165, 1.54) is 84.8 Å². The summed E-state index contributed by atoms with van der Waals surface area (Å²) in [6.07, 6.45) is 3.76. The Morgan fingerprint density at radius 1 is 0.418 bits per heavy atom. The number of carbonyl (C=O) groups excluding carboxylic acids is 8. The summed E-state index contributed by atoms with van der Waals surface area (Å²) < 4.78 is 84.2. The van der Waals surface area contributed by atoms with E-state index in [1.54, 1.807) is 48.5 Å². The molecule has 3 fully saturated rings. The van der Waals surface area contributed by atoms with Gasteiger partial charge in [-0.2, -0.15) is 18.8 Å². The summed E-state index contributed by atoms with van der Waals surface area (Å²) in [6.45, 7) is 19.3. The molecule has 98 heavy (non-hydrogen) atoms. The van der Waals surface area contributed by atoms with Crippen molar-refractivity contribution in [3.63, 3.8) is 0 Å². The predicted molar refractivity (Wildman–Crippen MR) is 363 cm³/mol. The molecule has 0 bridgehead atoms. The Balaban J connectivity index is 1.22. The van der Waals surface area contributed by atoms with Gasteiger partial charge >= 0.3 is 23.9 Å². The van der Waals surface area contributed by atoms with E-state index in [0.29, 0.717) is 42.9 Å². The average molecular weight is 1400 g/mol. The lowest BCUT2D eigenvalue weighted by Crippen LogP contribution is -2.55. The van der Waals surface area contributed by atoms with Gasteiger partial charge in [-0.1, -0.05) is 117 Å². The monoisotopic (exact) mass is 1400 g/mol. The zero-order chi connectivity index (χ0) is 72.1. The van der Waals surface area contributed by atoms with Crippen LogP contribution in [0, 0.1) is 23.7 Å². The SMILES string of the molecule is CC(C)C[C@H]1C(=O)O[C@H](Cc2cccc(Cn3cc(S(=O)(=O)N4CCCCC4)cn3)c2)C(=O)N(C)[C@@H](CC(C)C)C(=O)O[C@H](C)C(=O)N(C)[C@@H](CC(C)C)C(=O)O[C@H](Cc2ccc(Cn3cc(S(=O)(=O)N4CCCCC4)cn3)cc2)C(=O)N(C)[C@@H](CC(C)C)C(=O)O[C@H](C)C(=O)N1C. The van der Waals surface area contributed by atoms with Crippen LogP contribution in [0.1, 0.15) is 156 Å². The topological polar surface area (TPSA) is 297 Å². The number of ether oxygens (including phenoxy) is 4. The summed E-state index contributed by atoms with van der Waals surface area (Å²) >= 11 is 0. The average Bonchev–Trinajstić information content (AvgIpc) is 1.50. The Hall–Kier alpha value is -7.56. The van der Waals surface area contributed by atoms with Crippen molar-refractivity contribution in [2.24, 2.45) is 23.7 Å². The van der Waals surface area contributed by atoms with Gasteiger partial charge in [0.1, 0.15) is 34.0 Å². The van der Waals surface area contributed by atoms with Crippen molar-refractivity contribution >= 4 is 67.6 Å². The van der Waals surface area contributed by atoms with Crippen molar-refractivity contribution in [2.45, 2.75) is 218 Å². The number of hydrogen-bond donors (Lipinski definition) is 0. The molecule has 7 rings (SSSR count). The molecule has 8 atom stereocenters. The quantitative estimate of drug-likeness (QED) is 0.0673. The van der Waals surface area contributed by atoms with Gasteiger partial charge in [0, 0.05) is 79.6 Å². The van der Waals surface area contributed by atoms with E-state index < -0.39 is 116 Å². The maximum absolute atomic E-state index is 15.3. The highest BCUT2D eigenvalue weighted by atomic mass is 32.2. The molecule has 0 aliphatic carbocycles. The number of rotatable bonds is 20. The second kappa shape index (κ2) is 34.5. The molecule has 3 saturated heterocycles. The van der Waals surface area contributed by atoms with Crippen LogP contribution in [0.5, 0.6) is 0 Å². The minimum Gasteiger partial charge on any atom is -0.451 e. The van der Waals surface area contributed by atoms with Crippen molar-refractivity contribution in [3.8, 4) is 0 Å². The van der Waals surface area contributed by atoms with Crippen LogP contribution in [0.15, 0.2) is 83.1 Å².